The summed E-state index contributed by atoms with van der Waals surface area (Å²) in [7, 11) is 0. The lowest BCUT2D eigenvalue weighted by Crippen LogP contribution is -2.22. The van der Waals surface area contributed by atoms with Crippen molar-refractivity contribution < 1.29 is 4.79 Å². The van der Waals surface area contributed by atoms with Crippen LogP contribution < -0.4 is 11.5 Å². The van der Waals surface area contributed by atoms with Gasteiger partial charge in [0.1, 0.15) is 0 Å². The predicted octanol–water partition coefficient (Wildman–Crippen LogP) is 4.30. The summed E-state index contributed by atoms with van der Waals surface area (Å²) in [4.78, 5) is 11.8. The number of aryl methyl sites for hydroxylation is 2. The molecule has 4 N–H and O–H groups in total. The molecule has 23 heavy (non-hydrogen) atoms. The number of halogens is 1. The van der Waals surface area contributed by atoms with Crippen molar-refractivity contribution in [3.8, 4) is 11.1 Å². The van der Waals surface area contributed by atoms with Crippen molar-refractivity contribution in [3.05, 3.63) is 53.1 Å². The molecule has 0 saturated heterocycles. The summed E-state index contributed by atoms with van der Waals surface area (Å²) >= 11 is 3.41. The average Bonchev–Trinajstić information content (AvgIpc) is 2.51. The minimum atomic E-state index is -0.259. The van der Waals surface area contributed by atoms with Gasteiger partial charge in [0.15, 0.2) is 0 Å². The third kappa shape index (κ3) is 4.14. The fraction of sp³-hybridized carbons (Fsp3) is 0.316. The van der Waals surface area contributed by atoms with Crippen molar-refractivity contribution in [2.45, 2.75) is 32.6 Å². The number of primary amides is 1. The maximum absolute atomic E-state index is 11.8. The zero-order valence-electron chi connectivity index (χ0n) is 13.6. The highest BCUT2D eigenvalue weighted by Crippen LogP contribution is 2.30. The Balaban J connectivity index is 2.36. The Morgan fingerprint density at radius 2 is 1.70 bits per heavy atom. The molecule has 0 aliphatic carbocycles. The molecule has 0 aromatic heterocycles. The summed E-state index contributed by atoms with van der Waals surface area (Å²) < 4.78 is 0. The summed E-state index contributed by atoms with van der Waals surface area (Å²) in [5, 5.41) is 0.874. The van der Waals surface area contributed by atoms with Gasteiger partial charge in [0.2, 0.25) is 5.91 Å². The maximum Gasteiger partial charge on any atom is 0.224 e. The van der Waals surface area contributed by atoms with Gasteiger partial charge in [-0.05, 0) is 66.6 Å². The van der Waals surface area contributed by atoms with Crippen LogP contribution in [0.25, 0.3) is 11.1 Å². The fourth-order valence-electron chi connectivity index (χ4n) is 2.83. The SMILES string of the molecule is Cc1cc(-c2ccc(C(CCCBr)C(N)=O)c(C)c2)ccc1N. The van der Waals surface area contributed by atoms with E-state index in [0.29, 0.717) is 0 Å². The first-order valence-corrected chi connectivity index (χ1v) is 8.88. The minimum Gasteiger partial charge on any atom is -0.399 e. The summed E-state index contributed by atoms with van der Waals surface area (Å²) in [6, 6.07) is 12.2. The molecule has 2 aromatic rings. The van der Waals surface area contributed by atoms with E-state index >= 15 is 0 Å². The molecule has 0 heterocycles. The topological polar surface area (TPSA) is 69.1 Å². The zero-order valence-corrected chi connectivity index (χ0v) is 15.2. The highest BCUT2D eigenvalue weighted by atomic mass is 79.9. The molecule has 1 atom stereocenters. The van der Waals surface area contributed by atoms with E-state index in [1.54, 1.807) is 0 Å². The van der Waals surface area contributed by atoms with E-state index in [-0.39, 0.29) is 11.8 Å². The molecule has 4 heteroatoms. The van der Waals surface area contributed by atoms with Crippen molar-refractivity contribution >= 4 is 27.5 Å². The van der Waals surface area contributed by atoms with Gasteiger partial charge in [-0.15, -0.1) is 0 Å². The van der Waals surface area contributed by atoms with E-state index in [0.717, 1.165) is 51.7 Å². The minimum absolute atomic E-state index is 0.227. The smallest absolute Gasteiger partial charge is 0.224 e. The van der Waals surface area contributed by atoms with Gasteiger partial charge in [0.25, 0.3) is 0 Å². The lowest BCUT2D eigenvalue weighted by molar-refractivity contribution is -0.119. The van der Waals surface area contributed by atoms with Crippen molar-refractivity contribution in [1.82, 2.24) is 0 Å². The van der Waals surface area contributed by atoms with Crippen LogP contribution in [-0.4, -0.2) is 11.2 Å². The first kappa shape index (κ1) is 17.5. The number of nitrogen functional groups attached to an aromatic ring is 1. The van der Waals surface area contributed by atoms with Crippen LogP contribution in [0.4, 0.5) is 5.69 Å². The molecule has 1 amide bonds. The van der Waals surface area contributed by atoms with Gasteiger partial charge in [-0.2, -0.15) is 0 Å². The Morgan fingerprint density at radius 1 is 1.09 bits per heavy atom. The second-order valence-electron chi connectivity index (χ2n) is 5.93. The van der Waals surface area contributed by atoms with Gasteiger partial charge in [-0.1, -0.05) is 40.2 Å². The van der Waals surface area contributed by atoms with Gasteiger partial charge < -0.3 is 11.5 Å². The number of alkyl halides is 1. The molecule has 2 rings (SSSR count). The number of carbonyl (C=O) groups is 1. The van der Waals surface area contributed by atoms with E-state index in [4.69, 9.17) is 11.5 Å². The summed E-state index contributed by atoms with van der Waals surface area (Å²) in [5.74, 6) is -0.486. The molecule has 122 valence electrons. The fourth-order valence-corrected chi connectivity index (χ4v) is 3.16. The number of nitrogens with two attached hydrogens (primary N) is 2. The number of carbonyl (C=O) groups excluding carboxylic acids is 1. The molecular weight excluding hydrogens is 352 g/mol. The Kier molecular flexibility index (Phi) is 5.83. The third-order valence-electron chi connectivity index (χ3n) is 4.22. The van der Waals surface area contributed by atoms with E-state index < -0.39 is 0 Å². The quantitative estimate of drug-likeness (QED) is 0.584. The largest absolute Gasteiger partial charge is 0.399 e. The lowest BCUT2D eigenvalue weighted by Gasteiger charge is -2.17. The monoisotopic (exact) mass is 374 g/mol. The van der Waals surface area contributed by atoms with E-state index in [1.165, 1.54) is 0 Å². The van der Waals surface area contributed by atoms with Crippen molar-refractivity contribution in [2.24, 2.45) is 5.73 Å². The zero-order chi connectivity index (χ0) is 17.0. The Hall–Kier alpha value is -1.81. The lowest BCUT2D eigenvalue weighted by atomic mass is 9.88. The Labute approximate surface area is 146 Å². The van der Waals surface area contributed by atoms with E-state index in [2.05, 4.69) is 34.1 Å². The second-order valence-corrected chi connectivity index (χ2v) is 6.72. The van der Waals surface area contributed by atoms with Gasteiger partial charge in [-0.3, -0.25) is 4.79 Å². The van der Waals surface area contributed by atoms with Crippen molar-refractivity contribution in [2.75, 3.05) is 11.1 Å². The van der Waals surface area contributed by atoms with Crippen molar-refractivity contribution in [3.63, 3.8) is 0 Å². The van der Waals surface area contributed by atoms with Crippen LogP contribution in [-0.2, 0) is 4.79 Å². The van der Waals surface area contributed by atoms with Crippen LogP contribution in [0.3, 0.4) is 0 Å². The van der Waals surface area contributed by atoms with Crippen LogP contribution in [0.1, 0.15) is 35.4 Å². The normalized spacial score (nSPS) is 12.1. The number of benzene rings is 2. The first-order chi connectivity index (χ1) is 10.9. The number of amides is 1. The molecule has 0 aliphatic heterocycles. The highest BCUT2D eigenvalue weighted by molar-refractivity contribution is 9.09. The molecule has 0 bridgehead atoms. The molecule has 0 fully saturated rings. The first-order valence-electron chi connectivity index (χ1n) is 7.76. The molecule has 0 saturated carbocycles. The second kappa shape index (κ2) is 7.64. The summed E-state index contributed by atoms with van der Waals surface area (Å²) in [6.45, 7) is 4.04. The number of hydrogen-bond donors (Lipinski definition) is 2. The molecule has 0 radical (unpaired) electrons. The molecule has 3 nitrogen and oxygen atoms in total. The van der Waals surface area contributed by atoms with Crippen molar-refractivity contribution in [1.29, 1.82) is 0 Å². The molecule has 0 aliphatic rings. The molecular formula is C19H23BrN2O. The maximum atomic E-state index is 11.8. The van der Waals surface area contributed by atoms with E-state index in [9.17, 15) is 4.79 Å². The molecule has 1 unspecified atom stereocenters. The van der Waals surface area contributed by atoms with Crippen LogP contribution >= 0.6 is 15.9 Å². The van der Waals surface area contributed by atoms with Crippen LogP contribution in [0, 0.1) is 13.8 Å². The van der Waals surface area contributed by atoms with Crippen LogP contribution in [0.2, 0.25) is 0 Å². The summed E-state index contributed by atoms with van der Waals surface area (Å²) in [5.41, 5.74) is 17.7. The van der Waals surface area contributed by atoms with Crippen LogP contribution in [0.15, 0.2) is 36.4 Å². The van der Waals surface area contributed by atoms with Gasteiger partial charge in [-0.25, -0.2) is 0 Å². The Bertz CT molecular complexity index is 713. The number of rotatable bonds is 6. The molecule has 2 aromatic carbocycles. The van der Waals surface area contributed by atoms with Gasteiger partial charge >= 0.3 is 0 Å². The predicted molar refractivity (Wildman–Crippen MR) is 101 cm³/mol. The molecule has 0 spiro atoms. The highest BCUT2D eigenvalue weighted by Gasteiger charge is 2.19. The third-order valence-corrected chi connectivity index (χ3v) is 4.78. The van der Waals surface area contributed by atoms with E-state index in [1.807, 2.05) is 32.0 Å². The number of anilines is 1. The average molecular weight is 375 g/mol. The van der Waals surface area contributed by atoms with Gasteiger partial charge in [0.05, 0.1) is 5.92 Å². The van der Waals surface area contributed by atoms with Gasteiger partial charge in [0, 0.05) is 11.0 Å². The Morgan fingerprint density at radius 3 is 2.22 bits per heavy atom. The summed E-state index contributed by atoms with van der Waals surface area (Å²) in [6.07, 6.45) is 1.69. The standard InChI is InChI=1S/C19H23BrN2O/c1-12-10-14(15-6-8-18(21)13(2)11-15)5-7-16(12)17(19(22)23)4-3-9-20/h5-8,10-11,17H,3-4,9,21H2,1-2H3,(H2,22,23). The van der Waals surface area contributed by atoms with Crippen LogP contribution in [0.5, 0.6) is 0 Å². The number of hydrogen-bond acceptors (Lipinski definition) is 2.